The van der Waals surface area contributed by atoms with E-state index < -0.39 is 5.60 Å². The number of aryl methyl sites for hydroxylation is 1. The summed E-state index contributed by atoms with van der Waals surface area (Å²) in [5.74, 6) is 0.0245. The highest BCUT2D eigenvalue weighted by Gasteiger charge is 2.22. The fraction of sp³-hybridized carbons (Fsp3) is 0.429. The molecule has 98 valence electrons. The molecule has 1 aromatic rings. The predicted molar refractivity (Wildman–Crippen MR) is 73.7 cm³/mol. The minimum atomic E-state index is -1.03. The van der Waals surface area contributed by atoms with E-state index in [0.29, 0.717) is 22.6 Å². The van der Waals surface area contributed by atoms with Crippen molar-refractivity contribution in [1.29, 1.82) is 0 Å². The number of aliphatic hydroxyl groups is 1. The van der Waals surface area contributed by atoms with Gasteiger partial charge in [-0.2, -0.15) is 0 Å². The van der Waals surface area contributed by atoms with Gasteiger partial charge in [0, 0.05) is 17.5 Å². The van der Waals surface area contributed by atoms with Crippen molar-refractivity contribution < 1.29 is 10.2 Å². The number of nitrogens with zero attached hydrogens (tertiary/aromatic N) is 2. The van der Waals surface area contributed by atoms with E-state index in [4.69, 9.17) is 0 Å². The topological polar surface area (TPSA) is 65.7 Å². The van der Waals surface area contributed by atoms with E-state index in [1.807, 2.05) is 6.92 Å². The summed E-state index contributed by atoms with van der Waals surface area (Å²) in [6.07, 6.45) is 3.43. The van der Waals surface area contributed by atoms with Gasteiger partial charge in [0.2, 0.25) is 0 Å². The molecule has 0 spiro atoms. The number of pyridine rings is 1. The number of hydrogen-bond donors (Lipinski definition) is 2. The normalized spacial score (nSPS) is 13.3. The van der Waals surface area contributed by atoms with Gasteiger partial charge in [0.15, 0.2) is 0 Å². The summed E-state index contributed by atoms with van der Waals surface area (Å²) in [6.45, 7) is 8.77. The minimum absolute atomic E-state index is 0.0245. The van der Waals surface area contributed by atoms with Crippen LogP contribution in [-0.4, -0.2) is 21.4 Å². The average molecular weight is 248 g/mol. The van der Waals surface area contributed by atoms with Gasteiger partial charge in [0.05, 0.1) is 11.3 Å². The molecule has 0 aliphatic carbocycles. The molecule has 0 aliphatic heterocycles. The summed E-state index contributed by atoms with van der Waals surface area (Å²) >= 11 is 0. The van der Waals surface area contributed by atoms with Crippen molar-refractivity contribution in [2.75, 3.05) is 0 Å². The Hall–Kier alpha value is -1.68. The highest BCUT2D eigenvalue weighted by Crippen LogP contribution is 2.31. The summed E-state index contributed by atoms with van der Waals surface area (Å²) in [4.78, 5) is 8.49. The standard InChI is InChI=1S/C14H20N2O2/c1-6-11(15-7-2)13-12(17)8-10(9(3)16-13)14(4,5)18/h6-8,17-18H,1-5H3/b11-6-,15-7?. The van der Waals surface area contributed by atoms with Crippen LogP contribution in [0.25, 0.3) is 5.70 Å². The molecule has 4 heteroatoms. The maximum absolute atomic E-state index is 10.0. The molecule has 0 atom stereocenters. The van der Waals surface area contributed by atoms with Gasteiger partial charge >= 0.3 is 0 Å². The first kappa shape index (κ1) is 14.4. The lowest BCUT2D eigenvalue weighted by atomic mass is 9.96. The van der Waals surface area contributed by atoms with Crippen LogP contribution in [0.2, 0.25) is 0 Å². The first-order valence-corrected chi connectivity index (χ1v) is 5.90. The third kappa shape index (κ3) is 2.96. The molecular formula is C14H20N2O2. The van der Waals surface area contributed by atoms with Crippen molar-refractivity contribution in [3.05, 3.63) is 29.1 Å². The van der Waals surface area contributed by atoms with Crippen LogP contribution in [0.1, 0.15) is 44.6 Å². The molecule has 0 radical (unpaired) electrons. The zero-order valence-electron chi connectivity index (χ0n) is 11.5. The van der Waals surface area contributed by atoms with E-state index in [-0.39, 0.29) is 5.75 Å². The largest absolute Gasteiger partial charge is 0.506 e. The van der Waals surface area contributed by atoms with Crippen LogP contribution in [0, 0.1) is 6.92 Å². The molecule has 1 aromatic heterocycles. The second kappa shape index (κ2) is 5.31. The van der Waals surface area contributed by atoms with E-state index in [9.17, 15) is 10.2 Å². The van der Waals surface area contributed by atoms with Crippen LogP contribution in [0.5, 0.6) is 5.75 Å². The molecule has 18 heavy (non-hydrogen) atoms. The lowest BCUT2D eigenvalue weighted by Gasteiger charge is -2.21. The third-order valence-corrected chi connectivity index (χ3v) is 2.64. The number of aromatic nitrogens is 1. The highest BCUT2D eigenvalue weighted by molar-refractivity contribution is 5.73. The molecule has 1 heterocycles. The van der Waals surface area contributed by atoms with Crippen molar-refractivity contribution in [3.63, 3.8) is 0 Å². The zero-order valence-corrected chi connectivity index (χ0v) is 11.5. The molecule has 0 aromatic carbocycles. The molecule has 4 nitrogen and oxygen atoms in total. The second-order valence-corrected chi connectivity index (χ2v) is 4.61. The summed E-state index contributed by atoms with van der Waals surface area (Å²) in [7, 11) is 0. The molecule has 0 unspecified atom stereocenters. The van der Waals surface area contributed by atoms with Gasteiger partial charge in [-0.15, -0.1) is 0 Å². The predicted octanol–water partition coefficient (Wildman–Crippen LogP) is 2.77. The quantitative estimate of drug-likeness (QED) is 0.808. The maximum atomic E-state index is 10.0. The van der Waals surface area contributed by atoms with Gasteiger partial charge in [-0.05, 0) is 40.7 Å². The van der Waals surface area contributed by atoms with Crippen LogP contribution >= 0.6 is 0 Å². The van der Waals surface area contributed by atoms with E-state index in [1.165, 1.54) is 0 Å². The fourth-order valence-electron chi connectivity index (χ4n) is 1.81. The van der Waals surface area contributed by atoms with E-state index in [0.717, 1.165) is 0 Å². The monoisotopic (exact) mass is 248 g/mol. The molecule has 0 bridgehead atoms. The average Bonchev–Trinajstić information content (AvgIpc) is 2.27. The van der Waals surface area contributed by atoms with Gasteiger partial charge in [-0.25, -0.2) is 4.98 Å². The van der Waals surface area contributed by atoms with Crippen LogP contribution in [-0.2, 0) is 5.60 Å². The number of aromatic hydroxyl groups is 1. The van der Waals surface area contributed by atoms with Crippen LogP contribution in [0.15, 0.2) is 17.1 Å². The zero-order chi connectivity index (χ0) is 13.9. The first-order chi connectivity index (χ1) is 8.31. The van der Waals surface area contributed by atoms with Crippen molar-refractivity contribution in [3.8, 4) is 5.75 Å². The lowest BCUT2D eigenvalue weighted by molar-refractivity contribution is 0.0771. The molecule has 0 amide bonds. The smallest absolute Gasteiger partial charge is 0.143 e. The highest BCUT2D eigenvalue weighted by atomic mass is 16.3. The van der Waals surface area contributed by atoms with Gasteiger partial charge < -0.3 is 10.2 Å². The molecule has 1 rings (SSSR count). The fourth-order valence-corrected chi connectivity index (χ4v) is 1.81. The Balaban J connectivity index is 3.40. The maximum Gasteiger partial charge on any atom is 0.143 e. The summed E-state index contributed by atoms with van der Waals surface area (Å²) in [5.41, 5.74) is 1.30. The van der Waals surface area contributed by atoms with Crippen LogP contribution < -0.4 is 0 Å². The Morgan fingerprint density at radius 1 is 1.39 bits per heavy atom. The van der Waals surface area contributed by atoms with Crippen molar-refractivity contribution in [2.45, 2.75) is 40.2 Å². The van der Waals surface area contributed by atoms with E-state index >= 15 is 0 Å². The molecule has 0 saturated carbocycles. The molecule has 0 saturated heterocycles. The Morgan fingerprint density at radius 3 is 2.44 bits per heavy atom. The number of aliphatic imine (C=N–C) groups is 1. The lowest BCUT2D eigenvalue weighted by Crippen LogP contribution is -2.18. The van der Waals surface area contributed by atoms with Crippen LogP contribution in [0.4, 0.5) is 0 Å². The number of rotatable bonds is 3. The molecule has 0 aliphatic rings. The van der Waals surface area contributed by atoms with Gasteiger partial charge in [-0.3, -0.25) is 4.99 Å². The Morgan fingerprint density at radius 2 is 2.00 bits per heavy atom. The second-order valence-electron chi connectivity index (χ2n) is 4.61. The molecule has 0 fully saturated rings. The Kier molecular flexibility index (Phi) is 4.24. The van der Waals surface area contributed by atoms with Gasteiger partial charge in [0.25, 0.3) is 0 Å². The third-order valence-electron chi connectivity index (χ3n) is 2.64. The van der Waals surface area contributed by atoms with Crippen molar-refractivity contribution in [1.82, 2.24) is 4.98 Å². The SMILES string of the molecule is CC=N/C(=C\C)c1nc(C)c(C(C)(C)O)cc1O. The number of allylic oxidation sites excluding steroid dienone is 1. The van der Waals surface area contributed by atoms with Gasteiger partial charge in [-0.1, -0.05) is 6.08 Å². The first-order valence-electron chi connectivity index (χ1n) is 5.90. The van der Waals surface area contributed by atoms with Gasteiger partial charge in [0.1, 0.15) is 11.4 Å². The minimum Gasteiger partial charge on any atom is -0.506 e. The van der Waals surface area contributed by atoms with Crippen LogP contribution in [0.3, 0.4) is 0 Å². The summed E-state index contributed by atoms with van der Waals surface area (Å²) < 4.78 is 0. The van der Waals surface area contributed by atoms with Crippen molar-refractivity contribution in [2.24, 2.45) is 4.99 Å². The summed E-state index contributed by atoms with van der Waals surface area (Å²) in [5, 5.41) is 20.0. The molecular weight excluding hydrogens is 228 g/mol. The molecule has 2 N–H and O–H groups in total. The number of hydrogen-bond acceptors (Lipinski definition) is 4. The van der Waals surface area contributed by atoms with Crippen molar-refractivity contribution >= 4 is 11.9 Å². The van der Waals surface area contributed by atoms with E-state index in [1.54, 1.807) is 46.1 Å². The Labute approximate surface area is 108 Å². The van der Waals surface area contributed by atoms with E-state index in [2.05, 4.69) is 9.98 Å². The Bertz CT molecular complexity index is 497. The summed E-state index contributed by atoms with van der Waals surface area (Å²) in [6, 6.07) is 1.55.